The Balaban J connectivity index is 2.28. The number of aromatic carboxylic acids is 1. The van der Waals surface area contributed by atoms with E-state index in [2.05, 4.69) is 20.9 Å². The van der Waals surface area contributed by atoms with Gasteiger partial charge in [-0.2, -0.15) is 13.2 Å². The third-order valence-electron chi connectivity index (χ3n) is 2.45. The second-order valence-corrected chi connectivity index (χ2v) is 4.81. The van der Waals surface area contributed by atoms with Crippen LogP contribution >= 0.6 is 15.9 Å². The highest BCUT2D eigenvalue weighted by Crippen LogP contribution is 2.36. The summed E-state index contributed by atoms with van der Waals surface area (Å²) in [6, 6.07) is 4.11. The first kappa shape index (κ1) is 15.3. The van der Waals surface area contributed by atoms with Crippen molar-refractivity contribution in [3.8, 4) is 11.5 Å². The van der Waals surface area contributed by atoms with Gasteiger partial charge in [0.1, 0.15) is 11.5 Å². The SMILES string of the molecule is O=C(O)c1cncc(Oc2ccc(C(F)(F)F)cc2Br)c1. The summed E-state index contributed by atoms with van der Waals surface area (Å²) < 4.78 is 43.0. The van der Waals surface area contributed by atoms with Gasteiger partial charge in [-0.15, -0.1) is 0 Å². The predicted octanol–water partition coefficient (Wildman–Crippen LogP) is 4.35. The number of hydrogen-bond donors (Lipinski definition) is 1. The average molecular weight is 362 g/mol. The Morgan fingerprint density at radius 1 is 1.24 bits per heavy atom. The molecule has 21 heavy (non-hydrogen) atoms. The lowest BCUT2D eigenvalue weighted by atomic mass is 10.2. The molecule has 0 spiro atoms. The van der Waals surface area contributed by atoms with Crippen LogP contribution in [-0.4, -0.2) is 16.1 Å². The van der Waals surface area contributed by atoms with Crippen LogP contribution in [-0.2, 0) is 6.18 Å². The van der Waals surface area contributed by atoms with E-state index in [4.69, 9.17) is 9.84 Å². The lowest BCUT2D eigenvalue weighted by Crippen LogP contribution is -2.04. The minimum Gasteiger partial charge on any atom is -0.478 e. The Bertz CT molecular complexity index is 689. The third-order valence-corrected chi connectivity index (χ3v) is 3.07. The fraction of sp³-hybridized carbons (Fsp3) is 0.0769. The maximum Gasteiger partial charge on any atom is 0.416 e. The van der Waals surface area contributed by atoms with Gasteiger partial charge in [0.05, 0.1) is 21.8 Å². The Labute approximate surface area is 125 Å². The molecule has 8 heteroatoms. The number of ether oxygens (including phenoxy) is 1. The molecule has 0 aliphatic rings. The molecule has 0 saturated heterocycles. The van der Waals surface area contributed by atoms with E-state index in [1.165, 1.54) is 12.3 Å². The largest absolute Gasteiger partial charge is 0.478 e. The molecule has 0 fully saturated rings. The Hall–Kier alpha value is -2.09. The number of benzene rings is 1. The molecule has 0 radical (unpaired) electrons. The number of carboxylic acids is 1. The standard InChI is InChI=1S/C13H7BrF3NO3/c14-10-4-8(13(15,16)17)1-2-11(10)21-9-3-7(12(19)20)5-18-6-9/h1-6H,(H,19,20). The number of aromatic nitrogens is 1. The van der Waals surface area contributed by atoms with Crippen molar-refractivity contribution in [3.05, 3.63) is 52.3 Å². The summed E-state index contributed by atoms with van der Waals surface area (Å²) in [5.41, 5.74) is -0.908. The summed E-state index contributed by atoms with van der Waals surface area (Å²) in [6.07, 6.45) is -2.06. The Morgan fingerprint density at radius 2 is 1.95 bits per heavy atom. The zero-order valence-corrected chi connectivity index (χ0v) is 11.8. The molecular formula is C13H7BrF3NO3. The van der Waals surface area contributed by atoms with E-state index in [1.54, 1.807) is 0 Å². The van der Waals surface area contributed by atoms with E-state index < -0.39 is 17.7 Å². The molecule has 1 aromatic carbocycles. The molecule has 0 saturated carbocycles. The lowest BCUT2D eigenvalue weighted by molar-refractivity contribution is -0.137. The molecule has 2 rings (SSSR count). The quantitative estimate of drug-likeness (QED) is 0.882. The topological polar surface area (TPSA) is 59.4 Å². The van der Waals surface area contributed by atoms with Gasteiger partial charge in [0.15, 0.2) is 0 Å². The van der Waals surface area contributed by atoms with E-state index in [9.17, 15) is 18.0 Å². The molecule has 0 bridgehead atoms. The number of rotatable bonds is 3. The Kier molecular flexibility index (Phi) is 4.17. The zero-order chi connectivity index (χ0) is 15.6. The van der Waals surface area contributed by atoms with Crippen LogP contribution in [0.3, 0.4) is 0 Å². The lowest BCUT2D eigenvalue weighted by Gasteiger charge is -2.11. The fourth-order valence-electron chi connectivity index (χ4n) is 1.48. The first-order chi connectivity index (χ1) is 9.77. The van der Waals surface area contributed by atoms with Crippen molar-refractivity contribution in [3.63, 3.8) is 0 Å². The smallest absolute Gasteiger partial charge is 0.416 e. The summed E-state index contributed by atoms with van der Waals surface area (Å²) in [4.78, 5) is 14.5. The van der Waals surface area contributed by atoms with Crippen molar-refractivity contribution >= 4 is 21.9 Å². The molecule has 0 amide bonds. The summed E-state index contributed by atoms with van der Waals surface area (Å²) in [7, 11) is 0. The predicted molar refractivity (Wildman–Crippen MR) is 70.4 cm³/mol. The van der Waals surface area contributed by atoms with Gasteiger partial charge in [0, 0.05) is 6.20 Å². The first-order valence-electron chi connectivity index (χ1n) is 5.50. The van der Waals surface area contributed by atoms with Crippen LogP contribution in [0.5, 0.6) is 11.5 Å². The molecule has 1 heterocycles. The van der Waals surface area contributed by atoms with Gasteiger partial charge in [0.25, 0.3) is 0 Å². The Morgan fingerprint density at radius 3 is 2.52 bits per heavy atom. The minimum absolute atomic E-state index is 0.0875. The number of hydrogen-bond acceptors (Lipinski definition) is 3. The number of halogens is 4. The molecule has 0 aliphatic heterocycles. The van der Waals surface area contributed by atoms with Crippen LogP contribution < -0.4 is 4.74 Å². The molecule has 1 aromatic heterocycles. The highest BCUT2D eigenvalue weighted by Gasteiger charge is 2.31. The summed E-state index contributed by atoms with van der Waals surface area (Å²) in [5, 5.41) is 8.83. The molecular weight excluding hydrogens is 355 g/mol. The molecule has 1 N–H and O–H groups in total. The monoisotopic (exact) mass is 361 g/mol. The highest BCUT2D eigenvalue weighted by atomic mass is 79.9. The van der Waals surface area contributed by atoms with Gasteiger partial charge in [-0.05, 0) is 40.2 Å². The van der Waals surface area contributed by atoms with Crippen LogP contribution in [0.25, 0.3) is 0 Å². The molecule has 0 aliphatic carbocycles. The van der Waals surface area contributed by atoms with E-state index in [-0.39, 0.29) is 21.5 Å². The van der Waals surface area contributed by atoms with Gasteiger partial charge < -0.3 is 9.84 Å². The van der Waals surface area contributed by atoms with Crippen LogP contribution in [0.15, 0.2) is 41.1 Å². The molecule has 0 atom stereocenters. The highest BCUT2D eigenvalue weighted by molar-refractivity contribution is 9.10. The van der Waals surface area contributed by atoms with E-state index in [0.717, 1.165) is 24.4 Å². The van der Waals surface area contributed by atoms with Crippen LogP contribution in [0.2, 0.25) is 0 Å². The van der Waals surface area contributed by atoms with Crippen molar-refractivity contribution in [1.82, 2.24) is 4.98 Å². The van der Waals surface area contributed by atoms with Gasteiger partial charge in [-0.3, -0.25) is 4.98 Å². The number of nitrogens with zero attached hydrogens (tertiary/aromatic N) is 1. The maximum absolute atomic E-state index is 12.5. The minimum atomic E-state index is -4.45. The maximum atomic E-state index is 12.5. The number of carboxylic acid groups (broad SMARTS) is 1. The third kappa shape index (κ3) is 3.72. The molecule has 2 aromatic rings. The number of pyridine rings is 1. The van der Waals surface area contributed by atoms with Gasteiger partial charge in [-0.1, -0.05) is 0 Å². The average Bonchev–Trinajstić information content (AvgIpc) is 2.40. The van der Waals surface area contributed by atoms with Gasteiger partial charge in [-0.25, -0.2) is 4.79 Å². The number of carbonyl (C=O) groups is 1. The van der Waals surface area contributed by atoms with E-state index in [1.807, 2.05) is 0 Å². The second-order valence-electron chi connectivity index (χ2n) is 3.96. The van der Waals surface area contributed by atoms with Crippen molar-refractivity contribution in [2.45, 2.75) is 6.18 Å². The summed E-state index contributed by atoms with van der Waals surface area (Å²) in [6.45, 7) is 0. The molecule has 110 valence electrons. The van der Waals surface area contributed by atoms with Gasteiger partial charge >= 0.3 is 12.1 Å². The van der Waals surface area contributed by atoms with Crippen molar-refractivity contribution < 1.29 is 27.8 Å². The molecule has 4 nitrogen and oxygen atoms in total. The van der Waals surface area contributed by atoms with Crippen LogP contribution in [0.1, 0.15) is 15.9 Å². The van der Waals surface area contributed by atoms with E-state index >= 15 is 0 Å². The normalized spacial score (nSPS) is 11.2. The zero-order valence-electron chi connectivity index (χ0n) is 10.2. The van der Waals surface area contributed by atoms with Crippen molar-refractivity contribution in [2.75, 3.05) is 0 Å². The fourth-order valence-corrected chi connectivity index (χ4v) is 1.94. The number of alkyl halides is 3. The summed E-state index contributed by atoms with van der Waals surface area (Å²) in [5.74, 6) is -0.956. The molecule has 0 unspecified atom stereocenters. The van der Waals surface area contributed by atoms with Crippen LogP contribution in [0.4, 0.5) is 13.2 Å². The van der Waals surface area contributed by atoms with Crippen molar-refractivity contribution in [1.29, 1.82) is 0 Å². The first-order valence-corrected chi connectivity index (χ1v) is 6.29. The second kappa shape index (κ2) is 5.72. The van der Waals surface area contributed by atoms with Crippen LogP contribution in [0, 0.1) is 0 Å². The van der Waals surface area contributed by atoms with E-state index in [0.29, 0.717) is 0 Å². The summed E-state index contributed by atoms with van der Waals surface area (Å²) >= 11 is 2.98. The van der Waals surface area contributed by atoms with Crippen molar-refractivity contribution in [2.24, 2.45) is 0 Å². The van der Waals surface area contributed by atoms with Gasteiger partial charge in [0.2, 0.25) is 0 Å².